The highest BCUT2D eigenvalue weighted by atomic mass is 32.2. The molecule has 47 heavy (non-hydrogen) atoms. The van der Waals surface area contributed by atoms with Crippen LogP contribution < -0.4 is 0 Å². The van der Waals surface area contributed by atoms with E-state index in [0.717, 1.165) is 54.0 Å². The maximum atomic E-state index is 14.0. The highest BCUT2D eigenvalue weighted by molar-refractivity contribution is 7.99. The van der Waals surface area contributed by atoms with Gasteiger partial charge >= 0.3 is 12.1 Å². The zero-order chi connectivity index (χ0) is 33.8. The molecule has 2 amide bonds. The quantitative estimate of drug-likeness (QED) is 0.200. The third-order valence-corrected chi connectivity index (χ3v) is 11.5. The number of pyridine rings is 1. The van der Waals surface area contributed by atoms with E-state index in [9.17, 15) is 37.8 Å². The van der Waals surface area contributed by atoms with E-state index in [1.54, 1.807) is 16.7 Å². The van der Waals surface area contributed by atoms with E-state index in [-0.39, 0.29) is 12.5 Å². The third-order valence-electron chi connectivity index (χ3n) is 10.4. The molecule has 2 saturated heterocycles. The van der Waals surface area contributed by atoms with Gasteiger partial charge in [0.25, 0.3) is 5.91 Å². The van der Waals surface area contributed by atoms with Crippen molar-refractivity contribution in [2.75, 3.05) is 25.4 Å². The first kappa shape index (κ1) is 35.2. The number of carbonyl (C=O) groups is 3. The minimum atomic E-state index is -4.73. The zero-order valence-corrected chi connectivity index (χ0v) is 27.6. The zero-order valence-electron chi connectivity index (χ0n) is 26.8. The lowest BCUT2D eigenvalue weighted by Gasteiger charge is -2.45. The Morgan fingerprint density at radius 1 is 1.02 bits per heavy atom. The van der Waals surface area contributed by atoms with Crippen LogP contribution in [0.3, 0.4) is 0 Å². The molecule has 0 radical (unpaired) electrons. The molecule has 2 N–H and O–H groups in total. The van der Waals surface area contributed by atoms with Gasteiger partial charge in [-0.15, -0.1) is 11.8 Å². The lowest BCUT2D eigenvalue weighted by atomic mass is 9.66. The average molecular weight is 676 g/mol. The Morgan fingerprint density at radius 3 is 2.38 bits per heavy atom. The van der Waals surface area contributed by atoms with Crippen LogP contribution in [0, 0.1) is 11.3 Å². The minimum Gasteiger partial charge on any atom is -0.481 e. The fourth-order valence-corrected chi connectivity index (χ4v) is 8.63. The number of piperidine rings is 2. The van der Waals surface area contributed by atoms with Crippen molar-refractivity contribution < 1.29 is 37.8 Å². The number of amides is 2. The SMILES string of the molecule is CCCC1C(C(=O)N2CCC(O)(c3ccccc3SCCCC3(C(=O)O)CCC3)CC2)CCCN1C(=O)c1ncccc1C(F)(F)F. The summed E-state index contributed by atoms with van der Waals surface area (Å²) < 4.78 is 41.2. The molecule has 2 aliphatic heterocycles. The van der Waals surface area contributed by atoms with Crippen molar-refractivity contribution in [1.29, 1.82) is 0 Å². The summed E-state index contributed by atoms with van der Waals surface area (Å²) in [6.45, 7) is 2.82. The number of likely N-dealkylation sites (tertiary alicyclic amines) is 2. The van der Waals surface area contributed by atoms with Crippen LogP contribution in [-0.4, -0.2) is 74.2 Å². The summed E-state index contributed by atoms with van der Waals surface area (Å²) in [5.74, 6) is -1.45. The summed E-state index contributed by atoms with van der Waals surface area (Å²) in [6, 6.07) is 9.17. The van der Waals surface area contributed by atoms with Crippen LogP contribution >= 0.6 is 11.8 Å². The normalized spacial score (nSPS) is 22.4. The molecule has 2 atom stereocenters. The molecule has 3 fully saturated rings. The first-order valence-corrected chi connectivity index (χ1v) is 17.7. The van der Waals surface area contributed by atoms with Crippen LogP contribution in [0.5, 0.6) is 0 Å². The van der Waals surface area contributed by atoms with E-state index in [0.29, 0.717) is 58.0 Å². The number of carboxylic acids is 1. The number of hydrogen-bond donors (Lipinski definition) is 2. The molecule has 1 saturated carbocycles. The highest BCUT2D eigenvalue weighted by Crippen LogP contribution is 2.46. The van der Waals surface area contributed by atoms with Gasteiger partial charge in [-0.2, -0.15) is 13.2 Å². The summed E-state index contributed by atoms with van der Waals surface area (Å²) in [5, 5.41) is 21.5. The average Bonchev–Trinajstić information content (AvgIpc) is 3.03. The Labute approximate surface area is 278 Å². The van der Waals surface area contributed by atoms with Gasteiger partial charge in [-0.25, -0.2) is 0 Å². The summed E-state index contributed by atoms with van der Waals surface area (Å²) in [6.07, 6.45) is 3.10. The Hall–Kier alpha value is -3.12. The molecule has 12 heteroatoms. The molecule has 1 aromatic carbocycles. The number of rotatable bonds is 11. The van der Waals surface area contributed by atoms with Crippen molar-refractivity contribution in [3.8, 4) is 0 Å². The van der Waals surface area contributed by atoms with Gasteiger partial charge in [0.1, 0.15) is 5.69 Å². The second kappa shape index (κ2) is 14.6. The minimum absolute atomic E-state index is 0.133. The molecular weight excluding hydrogens is 631 g/mol. The first-order chi connectivity index (χ1) is 22.4. The Morgan fingerprint density at radius 2 is 1.74 bits per heavy atom. The smallest absolute Gasteiger partial charge is 0.418 e. The lowest BCUT2D eigenvalue weighted by molar-refractivity contribution is -0.155. The first-order valence-electron chi connectivity index (χ1n) is 16.7. The molecule has 0 bridgehead atoms. The molecule has 0 spiro atoms. The summed E-state index contributed by atoms with van der Waals surface area (Å²) in [5.41, 5.74) is -2.63. The maximum Gasteiger partial charge on any atom is 0.418 e. The molecule has 2 aromatic rings. The number of carbonyl (C=O) groups excluding carboxylic acids is 2. The standard InChI is InChI=1S/C35H44F3N3O5S/c1-2-9-27-24(10-6-20-41(27)31(43)29-26(35(36,37)38)12-5-19-39-29)30(42)40-21-17-34(46,18-22-40)25-11-3-4-13-28(25)47-23-8-16-33(32(44)45)14-7-15-33/h3-5,11-13,19,24,27,46H,2,6-10,14-18,20-23H2,1H3,(H,44,45). The van der Waals surface area contributed by atoms with Crippen molar-refractivity contribution in [2.24, 2.45) is 11.3 Å². The second-order valence-electron chi connectivity index (χ2n) is 13.2. The predicted molar refractivity (Wildman–Crippen MR) is 172 cm³/mol. The van der Waals surface area contributed by atoms with Crippen LogP contribution in [0.2, 0.25) is 0 Å². The van der Waals surface area contributed by atoms with Crippen LogP contribution in [0.1, 0.15) is 99.2 Å². The predicted octanol–water partition coefficient (Wildman–Crippen LogP) is 6.76. The highest BCUT2D eigenvalue weighted by Gasteiger charge is 2.46. The van der Waals surface area contributed by atoms with Gasteiger partial charge in [0.05, 0.1) is 22.5 Å². The number of thioether (sulfide) groups is 1. The van der Waals surface area contributed by atoms with Gasteiger partial charge in [0, 0.05) is 36.8 Å². The van der Waals surface area contributed by atoms with Gasteiger partial charge in [-0.1, -0.05) is 38.0 Å². The molecule has 2 unspecified atom stereocenters. The van der Waals surface area contributed by atoms with E-state index in [1.807, 2.05) is 31.2 Å². The van der Waals surface area contributed by atoms with Gasteiger partial charge in [0.15, 0.2) is 0 Å². The number of carboxylic acid groups (broad SMARTS) is 1. The molecule has 1 aliphatic carbocycles. The maximum absolute atomic E-state index is 14.0. The van der Waals surface area contributed by atoms with Gasteiger partial charge < -0.3 is 20.0 Å². The number of halogens is 3. The van der Waals surface area contributed by atoms with E-state index in [2.05, 4.69) is 4.98 Å². The van der Waals surface area contributed by atoms with Crippen molar-refractivity contribution >= 4 is 29.5 Å². The number of aliphatic hydroxyl groups is 1. The van der Waals surface area contributed by atoms with Crippen molar-refractivity contribution in [1.82, 2.24) is 14.8 Å². The number of benzene rings is 1. The van der Waals surface area contributed by atoms with Crippen LogP contribution in [0.4, 0.5) is 13.2 Å². The van der Waals surface area contributed by atoms with Gasteiger partial charge in [0.2, 0.25) is 5.91 Å². The monoisotopic (exact) mass is 675 g/mol. The van der Waals surface area contributed by atoms with E-state index < -0.39 is 52.3 Å². The van der Waals surface area contributed by atoms with E-state index >= 15 is 0 Å². The molecule has 256 valence electrons. The topological polar surface area (TPSA) is 111 Å². The number of nitrogens with zero attached hydrogens (tertiary/aromatic N) is 3. The molecular formula is C35H44F3N3O5S. The third kappa shape index (κ3) is 7.48. The molecule has 5 rings (SSSR count). The van der Waals surface area contributed by atoms with Crippen molar-refractivity contribution in [3.63, 3.8) is 0 Å². The number of alkyl halides is 3. The van der Waals surface area contributed by atoms with Crippen molar-refractivity contribution in [3.05, 3.63) is 59.4 Å². The molecule has 8 nitrogen and oxygen atoms in total. The van der Waals surface area contributed by atoms with Gasteiger partial charge in [-0.05, 0) is 87.3 Å². The fourth-order valence-electron chi connectivity index (χ4n) is 7.54. The van der Waals surface area contributed by atoms with Gasteiger partial charge in [-0.3, -0.25) is 19.4 Å². The second-order valence-corrected chi connectivity index (χ2v) is 14.4. The van der Waals surface area contributed by atoms with Crippen LogP contribution in [0.15, 0.2) is 47.5 Å². The molecule has 3 heterocycles. The Bertz CT molecular complexity index is 1440. The number of aliphatic carboxylic acids is 1. The van der Waals surface area contributed by atoms with Crippen molar-refractivity contribution in [2.45, 2.75) is 100 Å². The molecule has 3 aliphatic rings. The Balaban J connectivity index is 1.24. The fraction of sp³-hybridized carbons (Fsp3) is 0.600. The Kier molecular flexibility index (Phi) is 10.9. The summed E-state index contributed by atoms with van der Waals surface area (Å²) in [4.78, 5) is 47.2. The van der Waals surface area contributed by atoms with E-state index in [1.165, 1.54) is 11.1 Å². The number of aromatic nitrogens is 1. The molecule has 1 aromatic heterocycles. The van der Waals surface area contributed by atoms with E-state index in [4.69, 9.17) is 0 Å². The summed E-state index contributed by atoms with van der Waals surface area (Å²) >= 11 is 1.62. The van der Waals surface area contributed by atoms with Crippen LogP contribution in [-0.2, 0) is 21.4 Å². The largest absolute Gasteiger partial charge is 0.481 e. The van der Waals surface area contributed by atoms with Crippen LogP contribution in [0.25, 0.3) is 0 Å². The lowest BCUT2D eigenvalue weighted by Crippen LogP contribution is -2.55. The summed E-state index contributed by atoms with van der Waals surface area (Å²) in [7, 11) is 0. The number of hydrogen-bond acceptors (Lipinski definition) is 6.